The van der Waals surface area contributed by atoms with Crippen LogP contribution in [0.4, 0.5) is 11.9 Å². The number of aromatic nitrogens is 3. The van der Waals surface area contributed by atoms with Crippen molar-refractivity contribution in [2.45, 2.75) is 39.8 Å². The lowest BCUT2D eigenvalue weighted by Gasteiger charge is -2.19. The Labute approximate surface area is 120 Å². The van der Waals surface area contributed by atoms with E-state index in [-0.39, 0.29) is 0 Å². The fourth-order valence-electron chi connectivity index (χ4n) is 1.54. The van der Waals surface area contributed by atoms with E-state index in [0.29, 0.717) is 11.9 Å². The lowest BCUT2D eigenvalue weighted by atomic mass is 10.3. The number of nitrogens with zero attached hydrogens (tertiary/aromatic N) is 4. The Morgan fingerprint density at radius 3 is 2.32 bits per heavy atom. The zero-order valence-electron chi connectivity index (χ0n) is 12.6. The number of nitrogens with one attached hydrogen (secondary N) is 1. The van der Waals surface area contributed by atoms with Crippen molar-refractivity contribution in [2.24, 2.45) is 5.92 Å². The van der Waals surface area contributed by atoms with Crippen molar-refractivity contribution in [2.75, 3.05) is 35.6 Å². The van der Waals surface area contributed by atoms with Gasteiger partial charge in [-0.2, -0.15) is 15.0 Å². The second-order valence-corrected chi connectivity index (χ2v) is 5.64. The lowest BCUT2D eigenvalue weighted by molar-refractivity contribution is 0.744. The van der Waals surface area contributed by atoms with E-state index in [0.717, 1.165) is 36.5 Å². The van der Waals surface area contributed by atoms with Gasteiger partial charge < -0.3 is 10.2 Å². The summed E-state index contributed by atoms with van der Waals surface area (Å²) >= 11 is 1.69. The normalized spacial score (nSPS) is 10.8. The van der Waals surface area contributed by atoms with Crippen LogP contribution in [0.15, 0.2) is 5.16 Å². The van der Waals surface area contributed by atoms with Gasteiger partial charge in [-0.25, -0.2) is 0 Å². The minimum Gasteiger partial charge on any atom is -0.354 e. The van der Waals surface area contributed by atoms with Crippen LogP contribution < -0.4 is 10.2 Å². The van der Waals surface area contributed by atoms with Gasteiger partial charge in [-0.1, -0.05) is 25.6 Å². The summed E-state index contributed by atoms with van der Waals surface area (Å²) in [6.45, 7) is 13.3. The third-order valence-electron chi connectivity index (χ3n) is 2.53. The van der Waals surface area contributed by atoms with Crippen molar-refractivity contribution in [1.82, 2.24) is 15.0 Å². The zero-order valence-corrected chi connectivity index (χ0v) is 13.4. The molecular weight excluding hydrogens is 258 g/mol. The first-order chi connectivity index (χ1) is 9.10. The molecule has 0 spiro atoms. The first-order valence-electron chi connectivity index (χ1n) is 6.98. The molecule has 6 heteroatoms. The van der Waals surface area contributed by atoms with Crippen LogP contribution in [0.5, 0.6) is 0 Å². The van der Waals surface area contributed by atoms with Gasteiger partial charge in [0.15, 0.2) is 5.16 Å². The van der Waals surface area contributed by atoms with Gasteiger partial charge in [-0.15, -0.1) is 0 Å². The van der Waals surface area contributed by atoms with Crippen LogP contribution in [-0.4, -0.2) is 40.3 Å². The van der Waals surface area contributed by atoms with E-state index >= 15 is 0 Å². The number of hydrogen-bond donors (Lipinski definition) is 1. The van der Waals surface area contributed by atoms with E-state index < -0.39 is 0 Å². The predicted octanol–water partition coefficient (Wildman–Crippen LogP) is 2.90. The third kappa shape index (κ3) is 5.22. The van der Waals surface area contributed by atoms with Gasteiger partial charge in [-0.05, 0) is 26.7 Å². The first-order valence-corrected chi connectivity index (χ1v) is 7.96. The molecule has 0 aromatic carbocycles. The highest BCUT2D eigenvalue weighted by molar-refractivity contribution is 7.99. The molecule has 0 amide bonds. The summed E-state index contributed by atoms with van der Waals surface area (Å²) in [5.74, 6) is 3.09. The number of rotatable bonds is 8. The molecule has 1 rings (SSSR count). The lowest BCUT2D eigenvalue weighted by Crippen LogP contribution is -2.25. The Morgan fingerprint density at radius 2 is 1.79 bits per heavy atom. The molecule has 1 heterocycles. The second-order valence-electron chi connectivity index (χ2n) is 4.65. The minimum atomic E-state index is 0.626. The summed E-state index contributed by atoms with van der Waals surface area (Å²) in [4.78, 5) is 15.6. The second kappa shape index (κ2) is 8.19. The highest BCUT2D eigenvalue weighted by Crippen LogP contribution is 2.20. The Morgan fingerprint density at radius 1 is 1.11 bits per heavy atom. The molecule has 0 radical (unpaired) electrons. The summed E-state index contributed by atoms with van der Waals surface area (Å²) < 4.78 is 0. The fraction of sp³-hybridized carbons (Fsp3) is 0.769. The molecule has 0 aliphatic heterocycles. The highest BCUT2D eigenvalue weighted by Gasteiger charge is 2.11. The maximum Gasteiger partial charge on any atom is 0.231 e. The number of hydrogen-bond acceptors (Lipinski definition) is 6. The molecule has 1 aromatic heterocycles. The molecule has 19 heavy (non-hydrogen) atoms. The third-order valence-corrected chi connectivity index (χ3v) is 3.80. The molecule has 0 unspecified atom stereocenters. The van der Waals surface area contributed by atoms with Crippen LogP contribution in [0.3, 0.4) is 0 Å². The van der Waals surface area contributed by atoms with Crippen molar-refractivity contribution in [1.29, 1.82) is 0 Å². The van der Waals surface area contributed by atoms with Crippen LogP contribution in [0.1, 0.15) is 34.6 Å². The van der Waals surface area contributed by atoms with Gasteiger partial charge in [0, 0.05) is 25.4 Å². The van der Waals surface area contributed by atoms with Gasteiger partial charge in [0.1, 0.15) is 0 Å². The minimum absolute atomic E-state index is 0.626. The number of thioether (sulfide) groups is 1. The van der Waals surface area contributed by atoms with Crippen LogP contribution >= 0.6 is 11.8 Å². The number of anilines is 2. The van der Waals surface area contributed by atoms with Crippen molar-refractivity contribution in [3.8, 4) is 0 Å². The molecule has 0 fully saturated rings. The Balaban J connectivity index is 2.95. The van der Waals surface area contributed by atoms with E-state index in [2.05, 4.69) is 52.9 Å². The molecule has 0 aliphatic carbocycles. The average Bonchev–Trinajstić information content (AvgIpc) is 2.38. The molecule has 0 atom stereocenters. The molecule has 0 aliphatic rings. The topological polar surface area (TPSA) is 53.9 Å². The molecule has 108 valence electrons. The van der Waals surface area contributed by atoms with E-state index in [4.69, 9.17) is 0 Å². The van der Waals surface area contributed by atoms with Gasteiger partial charge in [0.2, 0.25) is 11.9 Å². The maximum atomic E-state index is 4.56. The molecule has 0 saturated heterocycles. The highest BCUT2D eigenvalue weighted by atomic mass is 32.2. The standard InChI is InChI=1S/C13H25N5S/c1-6-14-11-15-12(18(7-2)8-3)17-13(16-11)19-9-10(4)5/h10H,6-9H2,1-5H3,(H,14,15,16,17). The van der Waals surface area contributed by atoms with E-state index in [1.165, 1.54) is 0 Å². The monoisotopic (exact) mass is 283 g/mol. The summed E-state index contributed by atoms with van der Waals surface area (Å²) in [7, 11) is 0. The predicted molar refractivity (Wildman–Crippen MR) is 83.1 cm³/mol. The molecular formula is C13H25N5S. The summed E-state index contributed by atoms with van der Waals surface area (Å²) in [6.07, 6.45) is 0. The first kappa shape index (κ1) is 16.0. The Hall–Kier alpha value is -1.04. The van der Waals surface area contributed by atoms with Crippen molar-refractivity contribution >= 4 is 23.7 Å². The Kier molecular flexibility index (Phi) is 6.91. The van der Waals surface area contributed by atoms with Crippen LogP contribution in [0.25, 0.3) is 0 Å². The largest absolute Gasteiger partial charge is 0.354 e. The molecule has 0 bridgehead atoms. The van der Waals surface area contributed by atoms with E-state index in [9.17, 15) is 0 Å². The summed E-state index contributed by atoms with van der Waals surface area (Å²) in [5, 5.41) is 3.98. The Bertz CT molecular complexity index is 379. The van der Waals surface area contributed by atoms with Crippen molar-refractivity contribution < 1.29 is 0 Å². The van der Waals surface area contributed by atoms with Crippen LogP contribution in [0, 0.1) is 5.92 Å². The van der Waals surface area contributed by atoms with Gasteiger partial charge in [0.05, 0.1) is 0 Å². The summed E-state index contributed by atoms with van der Waals surface area (Å²) in [6, 6.07) is 0. The quantitative estimate of drug-likeness (QED) is 0.740. The van der Waals surface area contributed by atoms with Crippen LogP contribution in [0.2, 0.25) is 0 Å². The summed E-state index contributed by atoms with van der Waals surface area (Å²) in [5.41, 5.74) is 0. The van der Waals surface area contributed by atoms with Gasteiger partial charge >= 0.3 is 0 Å². The van der Waals surface area contributed by atoms with Crippen molar-refractivity contribution in [3.63, 3.8) is 0 Å². The molecule has 5 nitrogen and oxygen atoms in total. The molecule has 1 N–H and O–H groups in total. The fourth-order valence-corrected chi connectivity index (χ4v) is 2.32. The smallest absolute Gasteiger partial charge is 0.231 e. The zero-order chi connectivity index (χ0) is 14.3. The van der Waals surface area contributed by atoms with E-state index in [1.807, 2.05) is 6.92 Å². The molecule has 0 saturated carbocycles. The SMILES string of the molecule is CCNc1nc(SCC(C)C)nc(N(CC)CC)n1. The van der Waals surface area contributed by atoms with E-state index in [1.54, 1.807) is 11.8 Å². The van der Waals surface area contributed by atoms with Crippen molar-refractivity contribution in [3.05, 3.63) is 0 Å². The molecule has 1 aromatic rings. The maximum absolute atomic E-state index is 4.56. The van der Waals surface area contributed by atoms with Crippen LogP contribution in [-0.2, 0) is 0 Å². The van der Waals surface area contributed by atoms with Gasteiger partial charge in [0.25, 0.3) is 0 Å². The average molecular weight is 283 g/mol. The van der Waals surface area contributed by atoms with Gasteiger partial charge in [-0.3, -0.25) is 0 Å².